The third-order valence-electron chi connectivity index (χ3n) is 3.03. The van der Waals surface area contributed by atoms with Gasteiger partial charge in [0.1, 0.15) is 11.5 Å². The van der Waals surface area contributed by atoms with Crippen LogP contribution >= 0.6 is 23.2 Å². The van der Waals surface area contributed by atoms with E-state index in [0.29, 0.717) is 16.0 Å². The Balaban J connectivity index is 1.98. The molecule has 1 saturated carbocycles. The third kappa shape index (κ3) is 2.08. The standard InChI is InChI=1S/C13H11Cl2NO/c14-7-1-2-10(15)8(5-7)12-3-4-13(17-12)9-6-11(9)16/h1-5,9,11H,6,16H2/t9-,11-/m1/s1. The first kappa shape index (κ1) is 11.1. The van der Waals surface area contributed by atoms with Crippen LogP contribution in [0, 0.1) is 0 Å². The van der Waals surface area contributed by atoms with Gasteiger partial charge in [0.05, 0.1) is 5.02 Å². The molecule has 0 aliphatic heterocycles. The summed E-state index contributed by atoms with van der Waals surface area (Å²) < 4.78 is 5.78. The normalized spacial score (nSPS) is 22.8. The molecule has 0 unspecified atom stereocenters. The van der Waals surface area contributed by atoms with Crippen LogP contribution in [0.15, 0.2) is 34.7 Å². The van der Waals surface area contributed by atoms with Crippen molar-refractivity contribution in [2.75, 3.05) is 0 Å². The second-order valence-corrected chi connectivity index (χ2v) is 5.18. The summed E-state index contributed by atoms with van der Waals surface area (Å²) in [5.41, 5.74) is 6.61. The average Bonchev–Trinajstić information content (AvgIpc) is 2.85. The summed E-state index contributed by atoms with van der Waals surface area (Å²) in [7, 11) is 0. The Morgan fingerprint density at radius 3 is 2.65 bits per heavy atom. The van der Waals surface area contributed by atoms with Crippen molar-refractivity contribution in [2.24, 2.45) is 5.73 Å². The van der Waals surface area contributed by atoms with Crippen molar-refractivity contribution in [1.82, 2.24) is 0 Å². The second-order valence-electron chi connectivity index (χ2n) is 4.33. The maximum absolute atomic E-state index is 6.12. The molecule has 3 rings (SSSR count). The topological polar surface area (TPSA) is 39.2 Å². The first-order valence-electron chi connectivity index (χ1n) is 5.46. The zero-order chi connectivity index (χ0) is 12.0. The molecule has 2 aromatic rings. The molecule has 17 heavy (non-hydrogen) atoms. The number of hydrogen-bond donors (Lipinski definition) is 1. The van der Waals surface area contributed by atoms with Gasteiger partial charge >= 0.3 is 0 Å². The van der Waals surface area contributed by atoms with Crippen LogP contribution in [0.25, 0.3) is 11.3 Å². The van der Waals surface area contributed by atoms with Crippen LogP contribution in [0.2, 0.25) is 10.0 Å². The molecule has 0 amide bonds. The largest absolute Gasteiger partial charge is 0.461 e. The monoisotopic (exact) mass is 267 g/mol. The first-order valence-corrected chi connectivity index (χ1v) is 6.21. The Hall–Kier alpha value is -0.960. The molecule has 1 aromatic heterocycles. The highest BCUT2D eigenvalue weighted by molar-refractivity contribution is 6.35. The van der Waals surface area contributed by atoms with Gasteiger partial charge in [0.25, 0.3) is 0 Å². The zero-order valence-corrected chi connectivity index (χ0v) is 10.5. The average molecular weight is 268 g/mol. The SMILES string of the molecule is N[C@@H]1C[C@H]1c1ccc(-c2cc(Cl)ccc2Cl)o1. The molecule has 0 saturated heterocycles. The van der Waals surface area contributed by atoms with Crippen LogP contribution in [0.1, 0.15) is 18.1 Å². The minimum absolute atomic E-state index is 0.240. The van der Waals surface area contributed by atoms with Crippen LogP contribution < -0.4 is 5.73 Å². The fourth-order valence-electron chi connectivity index (χ4n) is 1.92. The molecule has 0 spiro atoms. The van der Waals surface area contributed by atoms with Crippen molar-refractivity contribution in [3.63, 3.8) is 0 Å². The van der Waals surface area contributed by atoms with Crippen molar-refractivity contribution in [3.05, 3.63) is 46.1 Å². The van der Waals surface area contributed by atoms with Gasteiger partial charge in [-0.3, -0.25) is 0 Å². The minimum Gasteiger partial charge on any atom is -0.461 e. The molecule has 1 heterocycles. The summed E-state index contributed by atoms with van der Waals surface area (Å²) in [5, 5.41) is 1.28. The molecule has 0 bridgehead atoms. The maximum atomic E-state index is 6.12. The van der Waals surface area contributed by atoms with E-state index in [0.717, 1.165) is 23.5 Å². The fraction of sp³-hybridized carbons (Fsp3) is 0.231. The van der Waals surface area contributed by atoms with E-state index in [-0.39, 0.29) is 6.04 Å². The van der Waals surface area contributed by atoms with Gasteiger partial charge in [0.2, 0.25) is 0 Å². The molecule has 4 heteroatoms. The highest BCUT2D eigenvalue weighted by Crippen LogP contribution is 2.42. The van der Waals surface area contributed by atoms with E-state index in [1.165, 1.54) is 0 Å². The lowest BCUT2D eigenvalue weighted by atomic mass is 10.2. The molecule has 1 fully saturated rings. The predicted octanol–water partition coefficient (Wildman–Crippen LogP) is 4.07. The Morgan fingerprint density at radius 1 is 1.18 bits per heavy atom. The first-order chi connectivity index (χ1) is 8.15. The van der Waals surface area contributed by atoms with Gasteiger partial charge in [-0.1, -0.05) is 23.2 Å². The van der Waals surface area contributed by atoms with Gasteiger partial charge in [-0.25, -0.2) is 0 Å². The lowest BCUT2D eigenvalue weighted by molar-refractivity contribution is 0.522. The number of hydrogen-bond acceptors (Lipinski definition) is 2. The summed E-state index contributed by atoms with van der Waals surface area (Å²) in [6, 6.07) is 9.45. The fourth-order valence-corrected chi connectivity index (χ4v) is 2.31. The van der Waals surface area contributed by atoms with Crippen LogP contribution in [0.3, 0.4) is 0 Å². The van der Waals surface area contributed by atoms with Crippen molar-refractivity contribution in [3.8, 4) is 11.3 Å². The Bertz CT molecular complexity index is 564. The van der Waals surface area contributed by atoms with Gasteiger partial charge in [-0.15, -0.1) is 0 Å². The van der Waals surface area contributed by atoms with E-state index >= 15 is 0 Å². The molecule has 2 atom stereocenters. The number of nitrogens with two attached hydrogens (primary N) is 1. The number of halogens is 2. The number of benzene rings is 1. The van der Waals surface area contributed by atoms with Gasteiger partial charge < -0.3 is 10.2 Å². The van der Waals surface area contributed by atoms with E-state index in [1.807, 2.05) is 12.1 Å². The van der Waals surface area contributed by atoms with Crippen LogP contribution in [-0.2, 0) is 0 Å². The maximum Gasteiger partial charge on any atom is 0.135 e. The van der Waals surface area contributed by atoms with Gasteiger partial charge in [0, 0.05) is 22.5 Å². The molecular weight excluding hydrogens is 257 g/mol. The van der Waals surface area contributed by atoms with Crippen molar-refractivity contribution in [2.45, 2.75) is 18.4 Å². The molecule has 0 radical (unpaired) electrons. The van der Waals surface area contributed by atoms with Crippen molar-refractivity contribution < 1.29 is 4.42 Å². The summed E-state index contributed by atoms with van der Waals surface area (Å²) in [6.07, 6.45) is 0.996. The van der Waals surface area contributed by atoms with Gasteiger partial charge in [-0.2, -0.15) is 0 Å². The third-order valence-corrected chi connectivity index (χ3v) is 3.59. The molecule has 1 aliphatic carbocycles. The summed E-state index contributed by atoms with van der Waals surface area (Å²) in [6.45, 7) is 0. The Morgan fingerprint density at radius 2 is 1.94 bits per heavy atom. The molecule has 1 aromatic carbocycles. The van der Waals surface area contributed by atoms with Gasteiger partial charge in [-0.05, 0) is 36.8 Å². The molecule has 1 aliphatic rings. The smallest absolute Gasteiger partial charge is 0.135 e. The van der Waals surface area contributed by atoms with Gasteiger partial charge in [0.15, 0.2) is 0 Å². The van der Waals surface area contributed by atoms with E-state index in [1.54, 1.807) is 18.2 Å². The Labute approximate surface area is 109 Å². The summed E-state index contributed by atoms with van der Waals surface area (Å²) in [4.78, 5) is 0. The molecule has 2 N–H and O–H groups in total. The van der Waals surface area contributed by atoms with Crippen LogP contribution in [0.5, 0.6) is 0 Å². The van der Waals surface area contributed by atoms with Crippen molar-refractivity contribution >= 4 is 23.2 Å². The van der Waals surface area contributed by atoms with Crippen LogP contribution in [-0.4, -0.2) is 6.04 Å². The Kier molecular flexibility index (Phi) is 2.66. The van der Waals surface area contributed by atoms with E-state index < -0.39 is 0 Å². The lowest BCUT2D eigenvalue weighted by Gasteiger charge is -2.01. The lowest BCUT2D eigenvalue weighted by Crippen LogP contribution is -2.00. The van der Waals surface area contributed by atoms with Crippen molar-refractivity contribution in [1.29, 1.82) is 0 Å². The van der Waals surface area contributed by atoms with E-state index in [2.05, 4.69) is 0 Å². The predicted molar refractivity (Wildman–Crippen MR) is 69.5 cm³/mol. The number of furan rings is 1. The van der Waals surface area contributed by atoms with Crippen LogP contribution in [0.4, 0.5) is 0 Å². The highest BCUT2D eigenvalue weighted by atomic mass is 35.5. The molecular formula is C13H11Cl2NO. The second kappa shape index (κ2) is 4.05. The van der Waals surface area contributed by atoms with E-state index in [4.69, 9.17) is 33.4 Å². The zero-order valence-electron chi connectivity index (χ0n) is 8.99. The number of rotatable bonds is 2. The minimum atomic E-state index is 0.240. The van der Waals surface area contributed by atoms with E-state index in [9.17, 15) is 0 Å². The molecule has 2 nitrogen and oxygen atoms in total. The highest BCUT2D eigenvalue weighted by Gasteiger charge is 2.37. The quantitative estimate of drug-likeness (QED) is 0.891. The summed E-state index contributed by atoms with van der Waals surface area (Å²) >= 11 is 12.1. The summed E-state index contributed by atoms with van der Waals surface area (Å²) in [5.74, 6) is 2.04. The molecule has 88 valence electrons.